The molecule has 0 fully saturated rings. The van der Waals surface area contributed by atoms with Gasteiger partial charge in [0.15, 0.2) is 0 Å². The second kappa shape index (κ2) is 5.38. The number of hydrogen-bond donors (Lipinski definition) is 1. The zero-order valence-corrected chi connectivity index (χ0v) is 9.20. The third-order valence-electron chi connectivity index (χ3n) is 2.18. The Kier molecular flexibility index (Phi) is 4.15. The molecule has 0 heterocycles. The standard InChI is InChI=1S/C14H16O/c1-3-11-14(15,4-2)12-10-13-8-6-5-7-9-13/h3,5-9,11,15H,4H2,1-2H3/b11-3+. The van der Waals surface area contributed by atoms with Crippen LogP contribution in [-0.4, -0.2) is 10.7 Å². The fraction of sp³-hybridized carbons (Fsp3) is 0.286. The lowest BCUT2D eigenvalue weighted by Gasteiger charge is -2.14. The zero-order chi connectivity index (χ0) is 11.1. The predicted octanol–water partition coefficient (Wildman–Crippen LogP) is 2.76. The predicted molar refractivity (Wildman–Crippen MR) is 63.4 cm³/mol. The van der Waals surface area contributed by atoms with Gasteiger partial charge in [-0.15, -0.1) is 0 Å². The molecule has 0 aliphatic carbocycles. The van der Waals surface area contributed by atoms with Gasteiger partial charge >= 0.3 is 0 Å². The Balaban J connectivity index is 2.89. The smallest absolute Gasteiger partial charge is 0.144 e. The van der Waals surface area contributed by atoms with Crippen LogP contribution in [0.25, 0.3) is 0 Å². The second-order valence-electron chi connectivity index (χ2n) is 3.39. The summed E-state index contributed by atoms with van der Waals surface area (Å²) < 4.78 is 0. The van der Waals surface area contributed by atoms with Crippen LogP contribution in [0.4, 0.5) is 0 Å². The first kappa shape index (κ1) is 11.6. The lowest BCUT2D eigenvalue weighted by molar-refractivity contribution is 0.148. The number of rotatable bonds is 2. The first-order valence-electron chi connectivity index (χ1n) is 5.14. The van der Waals surface area contributed by atoms with Gasteiger partial charge in [-0.05, 0) is 31.6 Å². The molecule has 0 aromatic heterocycles. The molecule has 1 aromatic rings. The number of benzene rings is 1. The van der Waals surface area contributed by atoms with E-state index in [0.29, 0.717) is 6.42 Å². The summed E-state index contributed by atoms with van der Waals surface area (Å²) in [5.74, 6) is 5.85. The van der Waals surface area contributed by atoms with E-state index in [4.69, 9.17) is 0 Å². The summed E-state index contributed by atoms with van der Waals surface area (Å²) in [5.41, 5.74) is -0.0706. The normalized spacial score (nSPS) is 14.3. The van der Waals surface area contributed by atoms with Gasteiger partial charge in [-0.1, -0.05) is 43.0 Å². The monoisotopic (exact) mass is 200 g/mol. The van der Waals surface area contributed by atoms with Crippen molar-refractivity contribution in [1.82, 2.24) is 0 Å². The molecule has 1 nitrogen and oxygen atoms in total. The molecular formula is C14H16O. The van der Waals surface area contributed by atoms with Crippen molar-refractivity contribution in [2.75, 3.05) is 0 Å². The molecule has 1 rings (SSSR count). The Hall–Kier alpha value is -1.52. The van der Waals surface area contributed by atoms with E-state index >= 15 is 0 Å². The van der Waals surface area contributed by atoms with E-state index in [1.807, 2.05) is 50.3 Å². The fourth-order valence-corrected chi connectivity index (χ4v) is 1.23. The highest BCUT2D eigenvalue weighted by Crippen LogP contribution is 2.10. The molecule has 78 valence electrons. The van der Waals surface area contributed by atoms with Crippen LogP contribution < -0.4 is 0 Å². The lowest BCUT2D eigenvalue weighted by Crippen LogP contribution is -2.21. The quantitative estimate of drug-likeness (QED) is 0.575. The highest BCUT2D eigenvalue weighted by atomic mass is 16.3. The largest absolute Gasteiger partial charge is 0.374 e. The van der Waals surface area contributed by atoms with Crippen molar-refractivity contribution in [3.05, 3.63) is 48.0 Å². The Morgan fingerprint density at radius 2 is 2.00 bits per heavy atom. The van der Waals surface area contributed by atoms with Gasteiger partial charge in [-0.25, -0.2) is 0 Å². The van der Waals surface area contributed by atoms with E-state index in [-0.39, 0.29) is 0 Å². The number of allylic oxidation sites excluding steroid dienone is 1. The van der Waals surface area contributed by atoms with Gasteiger partial charge < -0.3 is 5.11 Å². The molecule has 0 amide bonds. The summed E-state index contributed by atoms with van der Waals surface area (Å²) in [6.07, 6.45) is 4.14. The molecular weight excluding hydrogens is 184 g/mol. The van der Waals surface area contributed by atoms with Gasteiger partial charge in [-0.2, -0.15) is 0 Å². The van der Waals surface area contributed by atoms with Crippen LogP contribution in [0, 0.1) is 11.8 Å². The van der Waals surface area contributed by atoms with Gasteiger partial charge in [0, 0.05) is 5.56 Å². The van der Waals surface area contributed by atoms with Crippen molar-refractivity contribution >= 4 is 0 Å². The number of hydrogen-bond acceptors (Lipinski definition) is 1. The molecule has 0 bridgehead atoms. The second-order valence-corrected chi connectivity index (χ2v) is 3.39. The topological polar surface area (TPSA) is 20.2 Å². The van der Waals surface area contributed by atoms with Crippen molar-refractivity contribution in [1.29, 1.82) is 0 Å². The molecule has 1 heteroatoms. The van der Waals surface area contributed by atoms with Gasteiger partial charge in [0.25, 0.3) is 0 Å². The molecule has 15 heavy (non-hydrogen) atoms. The third kappa shape index (κ3) is 3.61. The van der Waals surface area contributed by atoms with Crippen molar-refractivity contribution in [2.24, 2.45) is 0 Å². The average molecular weight is 200 g/mol. The Morgan fingerprint density at radius 1 is 1.33 bits per heavy atom. The first-order valence-corrected chi connectivity index (χ1v) is 5.14. The highest BCUT2D eigenvalue weighted by Gasteiger charge is 2.16. The van der Waals surface area contributed by atoms with E-state index in [1.165, 1.54) is 0 Å². The zero-order valence-electron chi connectivity index (χ0n) is 9.20. The molecule has 0 aliphatic heterocycles. The number of aliphatic hydroxyl groups is 1. The van der Waals surface area contributed by atoms with Crippen LogP contribution in [0.5, 0.6) is 0 Å². The van der Waals surface area contributed by atoms with E-state index < -0.39 is 5.60 Å². The van der Waals surface area contributed by atoms with Gasteiger partial charge in [0.2, 0.25) is 0 Å². The average Bonchev–Trinajstić information content (AvgIpc) is 2.28. The molecule has 1 aromatic carbocycles. The summed E-state index contributed by atoms with van der Waals surface area (Å²) in [5, 5.41) is 10.0. The Bertz CT molecular complexity index is 381. The van der Waals surface area contributed by atoms with Gasteiger partial charge in [0.05, 0.1) is 0 Å². The van der Waals surface area contributed by atoms with E-state index in [2.05, 4.69) is 11.8 Å². The van der Waals surface area contributed by atoms with Gasteiger partial charge in [0.1, 0.15) is 5.60 Å². The van der Waals surface area contributed by atoms with Crippen LogP contribution >= 0.6 is 0 Å². The summed E-state index contributed by atoms with van der Waals surface area (Å²) in [6, 6.07) is 9.68. The van der Waals surface area contributed by atoms with Crippen molar-refractivity contribution in [3.63, 3.8) is 0 Å². The first-order chi connectivity index (χ1) is 7.20. The minimum atomic E-state index is -0.995. The van der Waals surface area contributed by atoms with E-state index in [9.17, 15) is 5.11 Å². The van der Waals surface area contributed by atoms with E-state index in [1.54, 1.807) is 6.08 Å². The summed E-state index contributed by atoms with van der Waals surface area (Å²) in [6.45, 7) is 3.80. The minimum absolute atomic E-state index is 0.594. The summed E-state index contributed by atoms with van der Waals surface area (Å²) in [4.78, 5) is 0. The molecule has 0 saturated carbocycles. The van der Waals surface area contributed by atoms with E-state index in [0.717, 1.165) is 5.56 Å². The molecule has 0 aliphatic rings. The lowest BCUT2D eigenvalue weighted by atomic mass is 10.0. The van der Waals surface area contributed by atoms with Crippen molar-refractivity contribution in [3.8, 4) is 11.8 Å². The molecule has 0 saturated heterocycles. The van der Waals surface area contributed by atoms with Crippen molar-refractivity contribution < 1.29 is 5.11 Å². The molecule has 1 N–H and O–H groups in total. The molecule has 0 spiro atoms. The molecule has 1 atom stereocenters. The SMILES string of the molecule is C/C=C/C(O)(C#Cc1ccccc1)CC. The maximum Gasteiger partial charge on any atom is 0.144 e. The fourth-order valence-electron chi connectivity index (χ4n) is 1.23. The summed E-state index contributed by atoms with van der Waals surface area (Å²) in [7, 11) is 0. The maximum absolute atomic E-state index is 10.0. The third-order valence-corrected chi connectivity index (χ3v) is 2.18. The molecule has 0 radical (unpaired) electrons. The highest BCUT2D eigenvalue weighted by molar-refractivity contribution is 5.37. The van der Waals surface area contributed by atoms with Crippen LogP contribution in [-0.2, 0) is 0 Å². The van der Waals surface area contributed by atoms with Crippen LogP contribution in [0.3, 0.4) is 0 Å². The van der Waals surface area contributed by atoms with Crippen LogP contribution in [0.2, 0.25) is 0 Å². The Morgan fingerprint density at radius 3 is 2.53 bits per heavy atom. The minimum Gasteiger partial charge on any atom is -0.374 e. The van der Waals surface area contributed by atoms with Crippen molar-refractivity contribution in [2.45, 2.75) is 25.9 Å². The van der Waals surface area contributed by atoms with Gasteiger partial charge in [-0.3, -0.25) is 0 Å². The summed E-state index contributed by atoms with van der Waals surface area (Å²) >= 11 is 0. The Labute approximate surface area is 91.5 Å². The van der Waals surface area contributed by atoms with Crippen LogP contribution in [0.1, 0.15) is 25.8 Å². The van der Waals surface area contributed by atoms with Crippen LogP contribution in [0.15, 0.2) is 42.5 Å². The molecule has 1 unspecified atom stereocenters. The maximum atomic E-state index is 10.0.